The lowest BCUT2D eigenvalue weighted by molar-refractivity contribution is 0.0716. The quantitative estimate of drug-likeness (QED) is 0.814. The zero-order chi connectivity index (χ0) is 14.8. The van der Waals surface area contributed by atoms with E-state index in [1.165, 1.54) is 12.1 Å². The van der Waals surface area contributed by atoms with E-state index >= 15 is 0 Å². The van der Waals surface area contributed by atoms with Gasteiger partial charge in [-0.15, -0.1) is 11.8 Å². The summed E-state index contributed by atoms with van der Waals surface area (Å²) >= 11 is 4.61. The minimum atomic E-state index is -0.441. The van der Waals surface area contributed by atoms with Crippen LogP contribution < -0.4 is 0 Å². The van der Waals surface area contributed by atoms with Crippen LogP contribution in [0.1, 0.15) is 23.2 Å². The van der Waals surface area contributed by atoms with Crippen molar-refractivity contribution in [2.75, 3.05) is 19.3 Å². The molecule has 0 bridgehead atoms. The monoisotopic (exact) mass is 356 g/mol. The highest BCUT2D eigenvalue weighted by Gasteiger charge is 2.35. The Morgan fingerprint density at radius 1 is 1.50 bits per heavy atom. The molecule has 0 aliphatic carbocycles. The second kappa shape index (κ2) is 6.15. The summed E-state index contributed by atoms with van der Waals surface area (Å²) in [5, 5.41) is 9.22. The van der Waals surface area contributed by atoms with Crippen LogP contribution in [0, 0.1) is 17.1 Å². The maximum absolute atomic E-state index is 13.5. The fourth-order valence-electron chi connectivity index (χ4n) is 2.24. The van der Waals surface area contributed by atoms with Crippen molar-refractivity contribution in [1.29, 1.82) is 5.26 Å². The van der Waals surface area contributed by atoms with Gasteiger partial charge in [0, 0.05) is 18.7 Å². The molecular formula is C14H14BrFN2OS. The third-order valence-electron chi connectivity index (χ3n) is 3.62. The molecule has 1 fully saturated rings. The van der Waals surface area contributed by atoms with E-state index in [-0.39, 0.29) is 10.7 Å². The smallest absolute Gasteiger partial charge is 0.253 e. The first kappa shape index (κ1) is 15.3. The number of hydrogen-bond donors (Lipinski definition) is 0. The third kappa shape index (κ3) is 2.99. The first-order chi connectivity index (χ1) is 9.51. The molecule has 3 nitrogen and oxygen atoms in total. The zero-order valence-electron chi connectivity index (χ0n) is 11.0. The standard InChI is InChI=1S/C14H14BrFN2OS/c1-20-14(9-17)4-6-18(7-5-14)13(19)10-2-3-11(15)12(16)8-10/h2-3,8H,4-7H2,1H3. The second-order valence-electron chi connectivity index (χ2n) is 4.73. The van der Waals surface area contributed by atoms with Crippen molar-refractivity contribution in [3.8, 4) is 6.07 Å². The van der Waals surface area contributed by atoms with Crippen molar-refractivity contribution in [3.63, 3.8) is 0 Å². The second-order valence-corrected chi connectivity index (χ2v) is 6.78. The molecule has 0 spiro atoms. The number of amides is 1. The van der Waals surface area contributed by atoms with Crippen molar-refractivity contribution in [2.24, 2.45) is 0 Å². The maximum Gasteiger partial charge on any atom is 0.253 e. The SMILES string of the molecule is CSC1(C#N)CCN(C(=O)c2ccc(Br)c(F)c2)CC1. The summed E-state index contributed by atoms with van der Waals surface area (Å²) in [5.74, 6) is -0.618. The van der Waals surface area contributed by atoms with Crippen molar-refractivity contribution in [1.82, 2.24) is 4.90 Å². The zero-order valence-corrected chi connectivity index (χ0v) is 13.4. The molecule has 0 saturated carbocycles. The highest BCUT2D eigenvalue weighted by molar-refractivity contribution is 9.10. The topological polar surface area (TPSA) is 44.1 Å². The van der Waals surface area contributed by atoms with Gasteiger partial charge in [-0.05, 0) is 53.2 Å². The van der Waals surface area contributed by atoms with E-state index in [1.807, 2.05) is 6.26 Å². The average Bonchev–Trinajstić information content (AvgIpc) is 2.49. The minimum absolute atomic E-state index is 0.177. The summed E-state index contributed by atoms with van der Waals surface area (Å²) in [6.45, 7) is 1.07. The normalized spacial score (nSPS) is 17.6. The fraction of sp³-hybridized carbons (Fsp3) is 0.429. The van der Waals surface area contributed by atoms with Crippen LogP contribution in [-0.4, -0.2) is 34.9 Å². The molecular weight excluding hydrogens is 343 g/mol. The van der Waals surface area contributed by atoms with Gasteiger partial charge >= 0.3 is 0 Å². The van der Waals surface area contributed by atoms with Gasteiger partial charge in [-0.3, -0.25) is 4.79 Å². The molecule has 20 heavy (non-hydrogen) atoms. The van der Waals surface area contributed by atoms with E-state index in [9.17, 15) is 14.4 Å². The van der Waals surface area contributed by atoms with Gasteiger partial charge in [0.15, 0.2) is 0 Å². The van der Waals surface area contributed by atoms with Crippen LogP contribution >= 0.6 is 27.7 Å². The molecule has 1 amide bonds. The van der Waals surface area contributed by atoms with E-state index in [4.69, 9.17) is 0 Å². The van der Waals surface area contributed by atoms with Crippen LogP contribution in [0.3, 0.4) is 0 Å². The van der Waals surface area contributed by atoms with Crippen LogP contribution in [0.5, 0.6) is 0 Å². The van der Waals surface area contributed by atoms with E-state index in [0.29, 0.717) is 36.0 Å². The van der Waals surface area contributed by atoms with Gasteiger partial charge in [0.05, 0.1) is 10.5 Å². The molecule has 1 aliphatic rings. The molecule has 0 atom stereocenters. The Bertz CT molecular complexity index is 565. The number of thioether (sulfide) groups is 1. The number of halogens is 2. The van der Waals surface area contributed by atoms with Gasteiger partial charge in [-0.1, -0.05) is 0 Å². The molecule has 1 heterocycles. The highest BCUT2D eigenvalue weighted by atomic mass is 79.9. The number of rotatable bonds is 2. The Morgan fingerprint density at radius 3 is 2.65 bits per heavy atom. The number of nitriles is 1. The molecule has 6 heteroatoms. The van der Waals surface area contributed by atoms with Crippen LogP contribution in [0.25, 0.3) is 0 Å². The van der Waals surface area contributed by atoms with Crippen LogP contribution in [0.15, 0.2) is 22.7 Å². The number of hydrogen-bond acceptors (Lipinski definition) is 3. The van der Waals surface area contributed by atoms with Gasteiger partial charge < -0.3 is 4.90 Å². The first-order valence-corrected chi connectivity index (χ1v) is 8.24. The fourth-order valence-corrected chi connectivity index (χ4v) is 3.17. The molecule has 0 N–H and O–H groups in total. The predicted octanol–water partition coefficient (Wildman–Crippen LogP) is 3.45. The highest BCUT2D eigenvalue weighted by Crippen LogP contribution is 2.34. The summed E-state index contributed by atoms with van der Waals surface area (Å²) in [4.78, 5) is 14.0. The largest absolute Gasteiger partial charge is 0.338 e. The first-order valence-electron chi connectivity index (χ1n) is 6.22. The van der Waals surface area contributed by atoms with Gasteiger partial charge in [-0.25, -0.2) is 4.39 Å². The van der Waals surface area contributed by atoms with E-state index in [1.54, 1.807) is 22.7 Å². The van der Waals surface area contributed by atoms with Gasteiger partial charge in [0.1, 0.15) is 10.6 Å². The van der Waals surface area contributed by atoms with Crippen LogP contribution in [0.4, 0.5) is 4.39 Å². The number of nitrogens with zero attached hydrogens (tertiary/aromatic N) is 2. The molecule has 1 aromatic carbocycles. The third-order valence-corrected chi connectivity index (χ3v) is 5.54. The number of piperidine rings is 1. The Kier molecular flexibility index (Phi) is 4.71. The van der Waals surface area contributed by atoms with Crippen LogP contribution in [-0.2, 0) is 0 Å². The van der Waals surface area contributed by atoms with Gasteiger partial charge in [0.25, 0.3) is 5.91 Å². The summed E-state index contributed by atoms with van der Waals surface area (Å²) in [7, 11) is 0. The Hall–Kier alpha value is -1.06. The predicted molar refractivity (Wildman–Crippen MR) is 81.1 cm³/mol. The Morgan fingerprint density at radius 2 is 2.15 bits per heavy atom. The molecule has 1 saturated heterocycles. The molecule has 1 aromatic rings. The lowest BCUT2D eigenvalue weighted by atomic mass is 9.96. The number of carbonyl (C=O) groups excluding carboxylic acids is 1. The lowest BCUT2D eigenvalue weighted by Gasteiger charge is -2.36. The summed E-state index contributed by atoms with van der Waals surface area (Å²) in [5.41, 5.74) is 0.347. The summed E-state index contributed by atoms with van der Waals surface area (Å²) in [6.07, 6.45) is 3.22. The molecule has 0 unspecified atom stereocenters. The van der Waals surface area contributed by atoms with E-state index in [0.717, 1.165) is 0 Å². The van der Waals surface area contributed by atoms with Crippen molar-refractivity contribution < 1.29 is 9.18 Å². The van der Waals surface area contributed by atoms with Gasteiger partial charge in [0.2, 0.25) is 0 Å². The molecule has 0 aromatic heterocycles. The van der Waals surface area contributed by atoms with Crippen molar-refractivity contribution in [3.05, 3.63) is 34.1 Å². The molecule has 1 aliphatic heterocycles. The lowest BCUT2D eigenvalue weighted by Crippen LogP contribution is -2.44. The average molecular weight is 357 g/mol. The number of carbonyl (C=O) groups is 1. The van der Waals surface area contributed by atoms with E-state index in [2.05, 4.69) is 22.0 Å². The maximum atomic E-state index is 13.5. The molecule has 106 valence electrons. The molecule has 2 rings (SSSR count). The summed E-state index contributed by atoms with van der Waals surface area (Å²) in [6, 6.07) is 6.73. The van der Waals surface area contributed by atoms with Gasteiger partial charge in [-0.2, -0.15) is 5.26 Å². The minimum Gasteiger partial charge on any atom is -0.338 e. The van der Waals surface area contributed by atoms with Crippen molar-refractivity contribution in [2.45, 2.75) is 17.6 Å². The summed E-state index contributed by atoms with van der Waals surface area (Å²) < 4.78 is 13.4. The van der Waals surface area contributed by atoms with Crippen molar-refractivity contribution >= 4 is 33.6 Å². The van der Waals surface area contributed by atoms with E-state index < -0.39 is 5.82 Å². The Balaban J connectivity index is 2.09. The number of likely N-dealkylation sites (tertiary alicyclic amines) is 1. The van der Waals surface area contributed by atoms with Crippen LogP contribution in [0.2, 0.25) is 0 Å². The number of benzene rings is 1. The Labute approximate surface area is 130 Å². The molecule has 0 radical (unpaired) electrons.